The Morgan fingerprint density at radius 1 is 1.08 bits per heavy atom. The van der Waals surface area contributed by atoms with Gasteiger partial charge < -0.3 is 5.11 Å². The van der Waals surface area contributed by atoms with Gasteiger partial charge in [0.05, 0.1) is 0 Å². The first-order valence-corrected chi connectivity index (χ1v) is 4.48. The average molecular weight is 172 g/mol. The summed E-state index contributed by atoms with van der Waals surface area (Å²) in [6.45, 7) is 0. The number of rotatable bonds is 1. The van der Waals surface area contributed by atoms with E-state index >= 15 is 0 Å². The van der Waals surface area contributed by atoms with E-state index in [4.69, 9.17) is 5.11 Å². The molecular weight excluding hydrogens is 160 g/mol. The van der Waals surface area contributed by atoms with E-state index in [-0.39, 0.29) is 0 Å². The molecule has 0 aromatic heterocycles. The molecule has 0 saturated heterocycles. The highest BCUT2D eigenvalue weighted by Crippen LogP contribution is 2.25. The number of phenols is 1. The summed E-state index contributed by atoms with van der Waals surface area (Å²) >= 11 is 0. The Balaban J connectivity index is 2.21. The molecule has 1 nitrogen and oxygen atoms in total. The van der Waals surface area contributed by atoms with Crippen LogP contribution in [-0.2, 0) is 0 Å². The minimum absolute atomic E-state index is 0.332. The summed E-state index contributed by atoms with van der Waals surface area (Å²) in [6.07, 6.45) is 9.54. The van der Waals surface area contributed by atoms with Crippen molar-refractivity contribution >= 4 is 0 Å². The second kappa shape index (κ2) is 3.48. The molecule has 1 aliphatic carbocycles. The molecule has 1 heteroatoms. The smallest absolute Gasteiger partial charge is 0.115 e. The van der Waals surface area contributed by atoms with Crippen molar-refractivity contribution < 1.29 is 5.11 Å². The third-order valence-corrected chi connectivity index (χ3v) is 2.30. The molecule has 0 saturated carbocycles. The van der Waals surface area contributed by atoms with Crippen molar-refractivity contribution in [3.63, 3.8) is 0 Å². The summed E-state index contributed by atoms with van der Waals surface area (Å²) in [5.41, 5.74) is 1.26. The number of benzene rings is 1. The molecule has 1 unspecified atom stereocenters. The van der Waals surface area contributed by atoms with Crippen molar-refractivity contribution in [1.82, 2.24) is 0 Å². The van der Waals surface area contributed by atoms with Crippen LogP contribution in [0.5, 0.6) is 5.75 Å². The van der Waals surface area contributed by atoms with E-state index in [0.29, 0.717) is 11.7 Å². The van der Waals surface area contributed by atoms with E-state index in [1.54, 1.807) is 12.1 Å². The third kappa shape index (κ3) is 1.81. The van der Waals surface area contributed by atoms with E-state index in [2.05, 4.69) is 24.3 Å². The average Bonchev–Trinajstić information content (AvgIpc) is 2.20. The van der Waals surface area contributed by atoms with Crippen molar-refractivity contribution in [2.24, 2.45) is 0 Å². The lowest BCUT2D eigenvalue weighted by molar-refractivity contribution is 0.475. The van der Waals surface area contributed by atoms with Crippen LogP contribution in [0, 0.1) is 0 Å². The first-order chi connectivity index (χ1) is 6.36. The van der Waals surface area contributed by atoms with Crippen molar-refractivity contribution in [3.8, 4) is 5.75 Å². The molecule has 0 heterocycles. The standard InChI is InChI=1S/C12H12O/c13-12-8-6-11(7-9-12)10-4-2-1-3-5-10/h1-4,6-10,13H,5H2. The minimum atomic E-state index is 0.332. The molecule has 13 heavy (non-hydrogen) atoms. The maximum Gasteiger partial charge on any atom is 0.115 e. The van der Waals surface area contributed by atoms with E-state index in [9.17, 15) is 0 Å². The monoisotopic (exact) mass is 172 g/mol. The quantitative estimate of drug-likeness (QED) is 0.690. The maximum absolute atomic E-state index is 9.12. The first kappa shape index (κ1) is 8.11. The number of aromatic hydroxyl groups is 1. The number of phenolic OH excluding ortho intramolecular Hbond substituents is 1. The van der Waals surface area contributed by atoms with Gasteiger partial charge in [-0.15, -0.1) is 0 Å². The normalized spacial score (nSPS) is 20.5. The molecule has 1 atom stereocenters. The van der Waals surface area contributed by atoms with Crippen LogP contribution in [0.4, 0.5) is 0 Å². The highest BCUT2D eigenvalue weighted by molar-refractivity contribution is 5.32. The summed E-state index contributed by atoms with van der Waals surface area (Å²) in [4.78, 5) is 0. The fourth-order valence-corrected chi connectivity index (χ4v) is 1.55. The summed E-state index contributed by atoms with van der Waals surface area (Å²) in [7, 11) is 0. The minimum Gasteiger partial charge on any atom is -0.508 e. The Labute approximate surface area is 78.0 Å². The van der Waals surface area contributed by atoms with Gasteiger partial charge in [-0.2, -0.15) is 0 Å². The number of allylic oxidation sites excluding steroid dienone is 4. The van der Waals surface area contributed by atoms with Gasteiger partial charge in [0.1, 0.15) is 5.75 Å². The zero-order valence-electron chi connectivity index (χ0n) is 7.35. The largest absolute Gasteiger partial charge is 0.508 e. The molecule has 1 N–H and O–H groups in total. The van der Waals surface area contributed by atoms with Crippen molar-refractivity contribution in [3.05, 3.63) is 54.1 Å². The SMILES string of the molecule is Oc1ccc(C2C=CC=CC2)cc1. The summed E-state index contributed by atoms with van der Waals surface area (Å²) in [5, 5.41) is 9.12. The van der Waals surface area contributed by atoms with Gasteiger partial charge in [-0.05, 0) is 24.1 Å². The molecule has 0 bridgehead atoms. The third-order valence-electron chi connectivity index (χ3n) is 2.30. The van der Waals surface area contributed by atoms with Gasteiger partial charge in [0.25, 0.3) is 0 Å². The zero-order chi connectivity index (χ0) is 9.10. The molecule has 0 amide bonds. The fourth-order valence-electron chi connectivity index (χ4n) is 1.55. The van der Waals surface area contributed by atoms with Crippen LogP contribution in [0.1, 0.15) is 17.9 Å². The molecule has 1 aromatic carbocycles. The molecular formula is C12H12O. The summed E-state index contributed by atoms with van der Waals surface area (Å²) in [5.74, 6) is 0.810. The Morgan fingerprint density at radius 2 is 1.85 bits per heavy atom. The van der Waals surface area contributed by atoms with Gasteiger partial charge >= 0.3 is 0 Å². The number of hydrogen-bond acceptors (Lipinski definition) is 1. The molecule has 1 aliphatic rings. The molecule has 0 radical (unpaired) electrons. The lowest BCUT2D eigenvalue weighted by atomic mass is 9.93. The van der Waals surface area contributed by atoms with Crippen LogP contribution in [0.25, 0.3) is 0 Å². The Kier molecular flexibility index (Phi) is 2.17. The van der Waals surface area contributed by atoms with E-state index in [0.717, 1.165) is 6.42 Å². The lowest BCUT2D eigenvalue weighted by Gasteiger charge is -2.12. The molecule has 2 rings (SSSR count). The Bertz CT molecular complexity index is 333. The van der Waals surface area contributed by atoms with Gasteiger partial charge in [0, 0.05) is 5.92 Å². The van der Waals surface area contributed by atoms with Crippen LogP contribution in [0.2, 0.25) is 0 Å². The van der Waals surface area contributed by atoms with Crippen LogP contribution in [-0.4, -0.2) is 5.11 Å². The molecule has 0 spiro atoms. The van der Waals surface area contributed by atoms with Gasteiger partial charge in [0.15, 0.2) is 0 Å². The summed E-state index contributed by atoms with van der Waals surface area (Å²) in [6, 6.07) is 7.43. The Morgan fingerprint density at radius 3 is 2.46 bits per heavy atom. The second-order valence-corrected chi connectivity index (χ2v) is 3.25. The van der Waals surface area contributed by atoms with Crippen LogP contribution in [0.3, 0.4) is 0 Å². The molecule has 66 valence electrons. The van der Waals surface area contributed by atoms with Gasteiger partial charge in [-0.3, -0.25) is 0 Å². The summed E-state index contributed by atoms with van der Waals surface area (Å²) < 4.78 is 0. The van der Waals surface area contributed by atoms with Gasteiger partial charge in [-0.1, -0.05) is 36.4 Å². The molecule has 0 fully saturated rings. The van der Waals surface area contributed by atoms with Crippen LogP contribution < -0.4 is 0 Å². The van der Waals surface area contributed by atoms with Crippen molar-refractivity contribution in [1.29, 1.82) is 0 Å². The molecule has 0 aliphatic heterocycles. The van der Waals surface area contributed by atoms with Gasteiger partial charge in [-0.25, -0.2) is 0 Å². The Hall–Kier alpha value is -1.50. The van der Waals surface area contributed by atoms with Crippen LogP contribution >= 0.6 is 0 Å². The fraction of sp³-hybridized carbons (Fsp3) is 0.167. The second-order valence-electron chi connectivity index (χ2n) is 3.25. The molecule has 1 aromatic rings. The van der Waals surface area contributed by atoms with Crippen LogP contribution in [0.15, 0.2) is 48.6 Å². The van der Waals surface area contributed by atoms with Crippen molar-refractivity contribution in [2.45, 2.75) is 12.3 Å². The first-order valence-electron chi connectivity index (χ1n) is 4.48. The highest BCUT2D eigenvalue weighted by Gasteiger charge is 2.07. The van der Waals surface area contributed by atoms with E-state index < -0.39 is 0 Å². The predicted molar refractivity (Wildman–Crippen MR) is 53.7 cm³/mol. The zero-order valence-corrected chi connectivity index (χ0v) is 7.35. The van der Waals surface area contributed by atoms with Crippen molar-refractivity contribution in [2.75, 3.05) is 0 Å². The van der Waals surface area contributed by atoms with Gasteiger partial charge in [0.2, 0.25) is 0 Å². The predicted octanol–water partition coefficient (Wildman–Crippen LogP) is 2.99. The maximum atomic E-state index is 9.12. The lowest BCUT2D eigenvalue weighted by Crippen LogP contribution is -1.95. The topological polar surface area (TPSA) is 20.2 Å². The number of hydrogen-bond donors (Lipinski definition) is 1. The van der Waals surface area contributed by atoms with E-state index in [1.165, 1.54) is 5.56 Å². The van der Waals surface area contributed by atoms with E-state index in [1.807, 2.05) is 12.1 Å². The highest BCUT2D eigenvalue weighted by atomic mass is 16.3.